The van der Waals surface area contributed by atoms with Crippen LogP contribution >= 0.6 is 0 Å². The Hall–Kier alpha value is -3.28. The fourth-order valence-corrected chi connectivity index (χ4v) is 3.05. The average Bonchev–Trinajstić information content (AvgIpc) is 3.11. The van der Waals surface area contributed by atoms with Gasteiger partial charge >= 0.3 is 5.97 Å². The predicted molar refractivity (Wildman–Crippen MR) is 108 cm³/mol. The minimum atomic E-state index is -0.884. The average molecular weight is 380 g/mol. The molecular weight excluding hydrogens is 356 g/mol. The van der Waals surface area contributed by atoms with Crippen molar-refractivity contribution in [3.05, 3.63) is 60.3 Å². The van der Waals surface area contributed by atoms with Crippen molar-refractivity contribution >= 4 is 28.5 Å². The van der Waals surface area contributed by atoms with Crippen molar-refractivity contribution in [3.63, 3.8) is 0 Å². The number of benzene rings is 2. The van der Waals surface area contributed by atoms with Crippen molar-refractivity contribution in [2.75, 3.05) is 12.4 Å². The Morgan fingerprint density at radius 3 is 2.68 bits per heavy atom. The van der Waals surface area contributed by atoms with E-state index in [-0.39, 0.29) is 12.4 Å². The van der Waals surface area contributed by atoms with E-state index in [2.05, 4.69) is 16.4 Å². The van der Waals surface area contributed by atoms with Crippen molar-refractivity contribution < 1.29 is 19.1 Å². The highest BCUT2D eigenvalue weighted by Gasteiger charge is 2.19. The number of H-pyrrole nitrogens is 1. The lowest BCUT2D eigenvalue weighted by Gasteiger charge is -2.15. The number of aryl methyl sites for hydroxylation is 1. The first-order valence-electron chi connectivity index (χ1n) is 9.27. The highest BCUT2D eigenvalue weighted by Crippen LogP contribution is 2.23. The van der Waals surface area contributed by atoms with E-state index in [4.69, 9.17) is 9.47 Å². The monoisotopic (exact) mass is 380 g/mol. The fourth-order valence-electron chi connectivity index (χ4n) is 3.05. The second-order valence-corrected chi connectivity index (χ2v) is 6.53. The van der Waals surface area contributed by atoms with Gasteiger partial charge in [0.2, 0.25) is 0 Å². The fraction of sp³-hybridized carbons (Fsp3) is 0.273. The van der Waals surface area contributed by atoms with Crippen LogP contribution < -0.4 is 10.1 Å². The summed E-state index contributed by atoms with van der Waals surface area (Å²) in [5, 5.41) is 3.89. The lowest BCUT2D eigenvalue weighted by molar-refractivity contribution is -0.153. The van der Waals surface area contributed by atoms with Crippen molar-refractivity contribution in [2.24, 2.45) is 0 Å². The standard InChI is InChI=1S/C22H24N2O4/c1-15(22(26)24-19-11-5-6-12-20(19)27-2)28-21(25)13-7-8-16-14-23-18-10-4-3-9-17(16)18/h3-6,9-12,14-15,23H,7-8,13H2,1-2H3,(H,24,26)/t15-/m0/s1. The Balaban J connectivity index is 1.46. The summed E-state index contributed by atoms with van der Waals surface area (Å²) in [6, 6.07) is 15.1. The zero-order valence-corrected chi connectivity index (χ0v) is 16.0. The third kappa shape index (κ3) is 4.71. The number of hydrogen-bond acceptors (Lipinski definition) is 4. The number of aromatic nitrogens is 1. The highest BCUT2D eigenvalue weighted by atomic mass is 16.5. The topological polar surface area (TPSA) is 80.4 Å². The maximum absolute atomic E-state index is 12.3. The molecule has 0 saturated heterocycles. The molecule has 0 aliphatic rings. The van der Waals surface area contributed by atoms with Crippen LogP contribution in [-0.2, 0) is 20.7 Å². The first-order chi connectivity index (χ1) is 13.6. The Morgan fingerprint density at radius 1 is 1.11 bits per heavy atom. The van der Waals surface area contributed by atoms with E-state index >= 15 is 0 Å². The summed E-state index contributed by atoms with van der Waals surface area (Å²) >= 11 is 0. The number of fused-ring (bicyclic) bond motifs is 1. The number of methoxy groups -OCH3 is 1. The van der Waals surface area contributed by atoms with Gasteiger partial charge in [0.05, 0.1) is 12.8 Å². The van der Waals surface area contributed by atoms with E-state index in [1.807, 2.05) is 30.5 Å². The van der Waals surface area contributed by atoms with Crippen LogP contribution in [0.15, 0.2) is 54.7 Å². The van der Waals surface area contributed by atoms with E-state index in [1.165, 1.54) is 18.1 Å². The number of anilines is 1. The molecule has 0 aliphatic heterocycles. The van der Waals surface area contributed by atoms with Crippen LogP contribution in [0.1, 0.15) is 25.3 Å². The maximum atomic E-state index is 12.3. The van der Waals surface area contributed by atoms with Crippen LogP contribution in [0.5, 0.6) is 5.75 Å². The molecule has 2 aromatic carbocycles. The third-order valence-corrected chi connectivity index (χ3v) is 4.54. The van der Waals surface area contributed by atoms with E-state index < -0.39 is 12.0 Å². The van der Waals surface area contributed by atoms with Crippen LogP contribution in [-0.4, -0.2) is 30.1 Å². The molecule has 3 rings (SSSR count). The maximum Gasteiger partial charge on any atom is 0.306 e. The second-order valence-electron chi connectivity index (χ2n) is 6.53. The summed E-state index contributed by atoms with van der Waals surface area (Å²) in [5.41, 5.74) is 2.80. The van der Waals surface area contributed by atoms with E-state index in [0.29, 0.717) is 17.9 Å². The van der Waals surface area contributed by atoms with Gasteiger partial charge in [-0.1, -0.05) is 30.3 Å². The molecule has 146 valence electrons. The number of nitrogens with one attached hydrogen (secondary N) is 2. The van der Waals surface area contributed by atoms with Gasteiger partial charge in [-0.15, -0.1) is 0 Å². The Labute approximate surface area is 163 Å². The lowest BCUT2D eigenvalue weighted by atomic mass is 10.1. The number of ether oxygens (including phenoxy) is 2. The number of aromatic amines is 1. The number of rotatable bonds is 8. The molecule has 0 aliphatic carbocycles. The molecule has 0 fully saturated rings. The molecule has 0 bridgehead atoms. The summed E-state index contributed by atoms with van der Waals surface area (Å²) in [4.78, 5) is 27.6. The van der Waals surface area contributed by atoms with Crippen LogP contribution in [0.25, 0.3) is 10.9 Å². The SMILES string of the molecule is COc1ccccc1NC(=O)[C@H](C)OC(=O)CCCc1c[nH]c2ccccc12. The quantitative estimate of drug-likeness (QED) is 0.577. The van der Waals surface area contributed by atoms with Gasteiger partial charge in [-0.25, -0.2) is 0 Å². The van der Waals surface area contributed by atoms with Gasteiger partial charge in [0.15, 0.2) is 6.10 Å². The van der Waals surface area contributed by atoms with E-state index in [1.54, 1.807) is 25.1 Å². The minimum absolute atomic E-state index is 0.256. The normalized spacial score (nSPS) is 11.8. The zero-order chi connectivity index (χ0) is 19.9. The molecule has 3 aromatic rings. The third-order valence-electron chi connectivity index (χ3n) is 4.54. The summed E-state index contributed by atoms with van der Waals surface area (Å²) < 4.78 is 10.5. The number of carbonyl (C=O) groups excluding carboxylic acids is 2. The number of para-hydroxylation sites is 3. The lowest BCUT2D eigenvalue weighted by Crippen LogP contribution is -2.30. The van der Waals surface area contributed by atoms with Crippen LogP contribution in [0.3, 0.4) is 0 Å². The van der Waals surface area contributed by atoms with Gasteiger partial charge in [0.1, 0.15) is 5.75 Å². The van der Waals surface area contributed by atoms with Crippen molar-refractivity contribution in [1.29, 1.82) is 0 Å². The molecule has 1 atom stereocenters. The van der Waals surface area contributed by atoms with Gasteiger partial charge in [-0.2, -0.15) is 0 Å². The zero-order valence-electron chi connectivity index (χ0n) is 16.0. The smallest absolute Gasteiger partial charge is 0.306 e. The molecule has 1 heterocycles. The molecule has 28 heavy (non-hydrogen) atoms. The van der Waals surface area contributed by atoms with E-state index in [9.17, 15) is 9.59 Å². The summed E-state index contributed by atoms with van der Waals surface area (Å²) in [5.74, 6) is -0.231. The molecule has 0 saturated carbocycles. The molecule has 1 aromatic heterocycles. The van der Waals surface area contributed by atoms with Gasteiger partial charge < -0.3 is 19.8 Å². The first-order valence-corrected chi connectivity index (χ1v) is 9.27. The van der Waals surface area contributed by atoms with Crippen LogP contribution in [0, 0.1) is 0 Å². The molecule has 0 spiro atoms. The van der Waals surface area contributed by atoms with Crippen molar-refractivity contribution in [2.45, 2.75) is 32.3 Å². The number of hydrogen-bond donors (Lipinski definition) is 2. The summed E-state index contributed by atoms with van der Waals surface area (Å²) in [6.07, 6.45) is 2.76. The van der Waals surface area contributed by atoms with Gasteiger partial charge in [-0.3, -0.25) is 9.59 Å². The van der Waals surface area contributed by atoms with Gasteiger partial charge in [-0.05, 0) is 43.5 Å². The van der Waals surface area contributed by atoms with Crippen molar-refractivity contribution in [1.82, 2.24) is 4.98 Å². The van der Waals surface area contributed by atoms with Crippen molar-refractivity contribution in [3.8, 4) is 5.75 Å². The van der Waals surface area contributed by atoms with Gasteiger partial charge in [0.25, 0.3) is 5.91 Å². The Kier molecular flexibility index (Phi) is 6.32. The molecule has 0 unspecified atom stereocenters. The summed E-state index contributed by atoms with van der Waals surface area (Å²) in [6.45, 7) is 1.56. The Bertz CT molecular complexity index is 964. The number of amides is 1. The van der Waals surface area contributed by atoms with Gasteiger partial charge in [0, 0.05) is 23.5 Å². The molecule has 1 amide bonds. The molecular formula is C22H24N2O4. The number of carbonyl (C=O) groups is 2. The van der Waals surface area contributed by atoms with E-state index in [0.717, 1.165) is 11.9 Å². The van der Waals surface area contributed by atoms with Crippen LogP contribution in [0.4, 0.5) is 5.69 Å². The molecule has 0 radical (unpaired) electrons. The minimum Gasteiger partial charge on any atom is -0.495 e. The number of esters is 1. The molecule has 2 N–H and O–H groups in total. The summed E-state index contributed by atoms with van der Waals surface area (Å²) in [7, 11) is 1.53. The second kappa shape index (κ2) is 9.08. The predicted octanol–water partition coefficient (Wildman–Crippen LogP) is 4.07. The highest BCUT2D eigenvalue weighted by molar-refractivity contribution is 5.96. The largest absolute Gasteiger partial charge is 0.495 e. The molecule has 6 nitrogen and oxygen atoms in total. The molecule has 6 heteroatoms. The Morgan fingerprint density at radius 2 is 1.86 bits per heavy atom. The van der Waals surface area contributed by atoms with Crippen LogP contribution in [0.2, 0.25) is 0 Å². The first kappa shape index (κ1) is 19.5.